The SMILES string of the molecule is Cc1nn(-c2ccccc2)c(C)c1/C=C/C(=O)N(Cc1ccco1)C1CCS(=O)(=O)C1. The number of benzene rings is 1. The number of sulfone groups is 1. The number of nitrogens with zero attached hydrogens (tertiary/aromatic N) is 3. The first-order valence-corrected chi connectivity index (χ1v) is 12.0. The van der Waals surface area contributed by atoms with Crippen molar-refractivity contribution in [3.05, 3.63) is 77.5 Å². The predicted molar refractivity (Wildman–Crippen MR) is 118 cm³/mol. The average molecular weight is 440 g/mol. The fourth-order valence-electron chi connectivity index (χ4n) is 3.95. The molecule has 162 valence electrons. The first kappa shape index (κ1) is 21.1. The van der Waals surface area contributed by atoms with Gasteiger partial charge in [0.2, 0.25) is 5.91 Å². The maximum atomic E-state index is 13.1. The summed E-state index contributed by atoms with van der Waals surface area (Å²) in [5.41, 5.74) is 3.55. The van der Waals surface area contributed by atoms with E-state index in [4.69, 9.17) is 4.42 Å². The molecule has 7 nitrogen and oxygen atoms in total. The zero-order valence-corrected chi connectivity index (χ0v) is 18.4. The van der Waals surface area contributed by atoms with Crippen molar-refractivity contribution in [3.8, 4) is 5.69 Å². The number of aryl methyl sites for hydroxylation is 1. The van der Waals surface area contributed by atoms with Gasteiger partial charge in [-0.2, -0.15) is 5.10 Å². The molecule has 8 heteroatoms. The number of furan rings is 1. The van der Waals surface area contributed by atoms with Crippen LogP contribution in [0, 0.1) is 13.8 Å². The zero-order chi connectivity index (χ0) is 22.0. The molecule has 1 atom stereocenters. The van der Waals surface area contributed by atoms with E-state index in [2.05, 4.69) is 5.10 Å². The topological polar surface area (TPSA) is 85.4 Å². The third-order valence-corrected chi connectivity index (χ3v) is 7.33. The minimum absolute atomic E-state index is 0.0166. The van der Waals surface area contributed by atoms with Gasteiger partial charge in [-0.1, -0.05) is 18.2 Å². The Bertz CT molecular complexity index is 1200. The van der Waals surface area contributed by atoms with Crippen LogP contribution in [0.15, 0.2) is 59.2 Å². The zero-order valence-electron chi connectivity index (χ0n) is 17.6. The van der Waals surface area contributed by atoms with Gasteiger partial charge in [-0.15, -0.1) is 0 Å². The first-order chi connectivity index (χ1) is 14.8. The van der Waals surface area contributed by atoms with E-state index in [0.717, 1.165) is 22.6 Å². The molecule has 0 bridgehead atoms. The second kappa shape index (κ2) is 8.55. The maximum absolute atomic E-state index is 13.1. The van der Waals surface area contributed by atoms with Gasteiger partial charge < -0.3 is 9.32 Å². The molecule has 0 saturated carbocycles. The van der Waals surface area contributed by atoms with Gasteiger partial charge in [0, 0.05) is 23.4 Å². The van der Waals surface area contributed by atoms with Crippen LogP contribution >= 0.6 is 0 Å². The monoisotopic (exact) mass is 439 g/mol. The minimum atomic E-state index is -3.12. The summed E-state index contributed by atoms with van der Waals surface area (Å²) in [4.78, 5) is 14.7. The van der Waals surface area contributed by atoms with Crippen LogP contribution in [0.4, 0.5) is 0 Å². The number of aromatic nitrogens is 2. The fraction of sp³-hybridized carbons (Fsp3) is 0.304. The molecule has 1 aliphatic heterocycles. The Kier molecular flexibility index (Phi) is 5.82. The van der Waals surface area contributed by atoms with Gasteiger partial charge in [0.05, 0.1) is 35.7 Å². The van der Waals surface area contributed by atoms with Crippen LogP contribution in [-0.4, -0.2) is 46.6 Å². The molecule has 0 spiro atoms. The first-order valence-electron chi connectivity index (χ1n) is 10.2. The lowest BCUT2D eigenvalue weighted by Gasteiger charge is -2.26. The summed E-state index contributed by atoms with van der Waals surface area (Å²) in [7, 11) is -3.12. The van der Waals surface area contributed by atoms with Crippen molar-refractivity contribution < 1.29 is 17.6 Å². The summed E-state index contributed by atoms with van der Waals surface area (Å²) in [6.45, 7) is 4.10. The standard InChI is InChI=1S/C23H25N3O4S/c1-17-22(18(2)26(24-17)19-7-4-3-5-8-19)10-11-23(27)25(15-21-9-6-13-30-21)20-12-14-31(28,29)16-20/h3-11,13,20H,12,14-16H2,1-2H3/b11-10+. The molecule has 1 aromatic carbocycles. The molecule has 3 aromatic rings. The molecule has 3 heterocycles. The van der Waals surface area contributed by atoms with E-state index < -0.39 is 9.84 Å². The average Bonchev–Trinajstić information content (AvgIpc) is 3.45. The van der Waals surface area contributed by atoms with Gasteiger partial charge in [-0.3, -0.25) is 4.79 Å². The molecular weight excluding hydrogens is 414 g/mol. The molecule has 0 radical (unpaired) electrons. The maximum Gasteiger partial charge on any atom is 0.247 e. The van der Waals surface area contributed by atoms with Crippen molar-refractivity contribution in [1.82, 2.24) is 14.7 Å². The number of carbonyl (C=O) groups is 1. The number of para-hydroxylation sites is 1. The molecular formula is C23H25N3O4S. The molecule has 1 unspecified atom stereocenters. The summed E-state index contributed by atoms with van der Waals surface area (Å²) >= 11 is 0. The molecule has 2 aromatic heterocycles. The molecule has 1 aliphatic rings. The predicted octanol–water partition coefficient (Wildman–Crippen LogP) is 3.31. The van der Waals surface area contributed by atoms with Gasteiger partial charge in [0.1, 0.15) is 5.76 Å². The van der Waals surface area contributed by atoms with Crippen molar-refractivity contribution in [2.45, 2.75) is 32.9 Å². The van der Waals surface area contributed by atoms with E-state index in [1.54, 1.807) is 29.4 Å². The lowest BCUT2D eigenvalue weighted by molar-refractivity contribution is -0.128. The van der Waals surface area contributed by atoms with E-state index in [1.165, 1.54) is 6.08 Å². The van der Waals surface area contributed by atoms with E-state index in [9.17, 15) is 13.2 Å². The van der Waals surface area contributed by atoms with Crippen LogP contribution in [-0.2, 0) is 21.2 Å². The Balaban J connectivity index is 1.59. The Hall–Kier alpha value is -3.13. The Labute approximate surface area is 181 Å². The van der Waals surface area contributed by atoms with Gasteiger partial charge in [0.15, 0.2) is 9.84 Å². The van der Waals surface area contributed by atoms with Crippen molar-refractivity contribution >= 4 is 21.8 Å². The van der Waals surface area contributed by atoms with Crippen molar-refractivity contribution in [2.75, 3.05) is 11.5 Å². The lowest BCUT2D eigenvalue weighted by Crippen LogP contribution is -2.39. The van der Waals surface area contributed by atoms with E-state index >= 15 is 0 Å². The molecule has 4 rings (SSSR count). The number of hydrogen-bond acceptors (Lipinski definition) is 5. The highest BCUT2D eigenvalue weighted by atomic mass is 32.2. The smallest absolute Gasteiger partial charge is 0.247 e. The van der Waals surface area contributed by atoms with Gasteiger partial charge >= 0.3 is 0 Å². The van der Waals surface area contributed by atoms with Crippen LogP contribution < -0.4 is 0 Å². The summed E-state index contributed by atoms with van der Waals surface area (Å²) < 4.78 is 31.2. The van der Waals surface area contributed by atoms with Crippen molar-refractivity contribution in [1.29, 1.82) is 0 Å². The molecule has 1 saturated heterocycles. The molecule has 31 heavy (non-hydrogen) atoms. The normalized spacial score (nSPS) is 17.9. The summed E-state index contributed by atoms with van der Waals surface area (Å²) in [5.74, 6) is 0.461. The second-order valence-electron chi connectivity index (χ2n) is 7.77. The molecule has 0 aliphatic carbocycles. The number of amides is 1. The van der Waals surface area contributed by atoms with Crippen LogP contribution in [0.1, 0.15) is 29.1 Å². The number of hydrogen-bond donors (Lipinski definition) is 0. The Morgan fingerprint density at radius 1 is 1.23 bits per heavy atom. The van der Waals surface area contributed by atoms with Crippen LogP contribution in [0.5, 0.6) is 0 Å². The van der Waals surface area contributed by atoms with E-state index in [1.807, 2.05) is 48.9 Å². The third-order valence-electron chi connectivity index (χ3n) is 5.58. The highest BCUT2D eigenvalue weighted by molar-refractivity contribution is 7.91. The molecule has 0 N–H and O–H groups in total. The summed E-state index contributed by atoms with van der Waals surface area (Å²) in [6, 6.07) is 13.0. The van der Waals surface area contributed by atoms with Gasteiger partial charge in [-0.25, -0.2) is 13.1 Å². The minimum Gasteiger partial charge on any atom is -0.467 e. The summed E-state index contributed by atoms with van der Waals surface area (Å²) in [6.07, 6.45) is 5.24. The fourth-order valence-corrected chi connectivity index (χ4v) is 5.68. The Morgan fingerprint density at radius 2 is 2.00 bits per heavy atom. The quantitative estimate of drug-likeness (QED) is 0.550. The molecule has 1 amide bonds. The third kappa shape index (κ3) is 4.64. The largest absolute Gasteiger partial charge is 0.467 e. The van der Waals surface area contributed by atoms with Crippen molar-refractivity contribution in [2.24, 2.45) is 0 Å². The lowest BCUT2D eigenvalue weighted by atomic mass is 10.1. The highest BCUT2D eigenvalue weighted by Crippen LogP contribution is 2.23. The molecule has 1 fully saturated rings. The summed E-state index contributed by atoms with van der Waals surface area (Å²) in [5, 5.41) is 4.61. The highest BCUT2D eigenvalue weighted by Gasteiger charge is 2.34. The second-order valence-corrected chi connectivity index (χ2v) is 10.00. The van der Waals surface area contributed by atoms with E-state index in [-0.39, 0.29) is 30.0 Å². The number of rotatable bonds is 6. The van der Waals surface area contributed by atoms with Crippen LogP contribution in [0.2, 0.25) is 0 Å². The Morgan fingerprint density at radius 3 is 2.65 bits per heavy atom. The number of carbonyl (C=O) groups excluding carboxylic acids is 1. The van der Waals surface area contributed by atoms with Crippen LogP contribution in [0.25, 0.3) is 11.8 Å². The van der Waals surface area contributed by atoms with Gasteiger partial charge in [0.25, 0.3) is 0 Å². The van der Waals surface area contributed by atoms with E-state index in [0.29, 0.717) is 12.2 Å². The van der Waals surface area contributed by atoms with Crippen LogP contribution in [0.3, 0.4) is 0 Å². The van der Waals surface area contributed by atoms with Gasteiger partial charge in [-0.05, 0) is 50.6 Å². The van der Waals surface area contributed by atoms with Crippen molar-refractivity contribution in [3.63, 3.8) is 0 Å².